The molecule has 1 saturated heterocycles. The second kappa shape index (κ2) is 6.10. The molecule has 1 saturated carbocycles. The second-order valence-electron chi connectivity index (χ2n) is 6.06. The van der Waals surface area contributed by atoms with E-state index in [9.17, 15) is 0 Å². The predicted molar refractivity (Wildman–Crippen MR) is 75.2 cm³/mol. The van der Waals surface area contributed by atoms with Crippen molar-refractivity contribution in [2.45, 2.75) is 63.1 Å². The Hall–Kier alpha value is -0.800. The van der Waals surface area contributed by atoms with Gasteiger partial charge in [0.1, 0.15) is 5.76 Å². The van der Waals surface area contributed by atoms with E-state index in [1.165, 1.54) is 44.9 Å². The van der Waals surface area contributed by atoms with Gasteiger partial charge in [-0.25, -0.2) is 0 Å². The zero-order chi connectivity index (χ0) is 13.0. The highest BCUT2D eigenvalue weighted by Crippen LogP contribution is 2.41. The third kappa shape index (κ3) is 3.40. The number of ether oxygens (including phenoxy) is 1. The maximum absolute atomic E-state index is 6.34. The minimum atomic E-state index is 0.256. The van der Waals surface area contributed by atoms with E-state index < -0.39 is 0 Å². The van der Waals surface area contributed by atoms with Gasteiger partial charge in [-0.3, -0.25) is 0 Å². The van der Waals surface area contributed by atoms with Crippen LogP contribution in [0.3, 0.4) is 0 Å². The molecule has 3 heteroatoms. The van der Waals surface area contributed by atoms with Gasteiger partial charge < -0.3 is 14.5 Å². The first-order valence-corrected chi connectivity index (χ1v) is 7.77. The average Bonchev–Trinajstić information content (AvgIpc) is 3.07. The lowest BCUT2D eigenvalue weighted by Gasteiger charge is -2.33. The fraction of sp³-hybridized carbons (Fsp3) is 0.750. The maximum Gasteiger partial charge on any atom is 0.105 e. The first-order chi connectivity index (χ1) is 9.36. The summed E-state index contributed by atoms with van der Waals surface area (Å²) in [5.74, 6) is 1.06. The fourth-order valence-corrected chi connectivity index (χ4v) is 3.53. The molecule has 19 heavy (non-hydrogen) atoms. The normalized spacial score (nSPS) is 26.0. The molecule has 2 fully saturated rings. The molecule has 1 spiro atoms. The van der Waals surface area contributed by atoms with Gasteiger partial charge in [0.2, 0.25) is 0 Å². The molecule has 1 unspecified atom stereocenters. The Balaban J connectivity index is 1.35. The summed E-state index contributed by atoms with van der Waals surface area (Å²) in [5.41, 5.74) is 0.256. The van der Waals surface area contributed by atoms with Gasteiger partial charge in [0.25, 0.3) is 0 Å². The number of nitrogens with one attached hydrogen (secondary N) is 1. The highest BCUT2D eigenvalue weighted by atomic mass is 16.5. The van der Waals surface area contributed by atoms with Gasteiger partial charge in [0.15, 0.2) is 0 Å². The SMILES string of the molecule is c1coc(CCNCC2CCC3(CCCCC3)O2)c1. The molecule has 0 amide bonds. The van der Waals surface area contributed by atoms with Crippen molar-refractivity contribution < 1.29 is 9.15 Å². The van der Waals surface area contributed by atoms with Crippen molar-refractivity contribution in [1.82, 2.24) is 5.32 Å². The van der Waals surface area contributed by atoms with Crippen LogP contribution in [0.25, 0.3) is 0 Å². The van der Waals surface area contributed by atoms with Crippen molar-refractivity contribution in [3.63, 3.8) is 0 Å². The quantitative estimate of drug-likeness (QED) is 0.828. The zero-order valence-corrected chi connectivity index (χ0v) is 11.7. The van der Waals surface area contributed by atoms with E-state index in [4.69, 9.17) is 9.15 Å². The first-order valence-electron chi connectivity index (χ1n) is 7.77. The summed E-state index contributed by atoms with van der Waals surface area (Å²) < 4.78 is 11.7. The van der Waals surface area contributed by atoms with Crippen molar-refractivity contribution in [3.05, 3.63) is 24.2 Å². The van der Waals surface area contributed by atoms with Crippen LogP contribution >= 0.6 is 0 Å². The second-order valence-corrected chi connectivity index (χ2v) is 6.06. The van der Waals surface area contributed by atoms with Crippen LogP contribution in [-0.4, -0.2) is 24.8 Å². The molecule has 3 nitrogen and oxygen atoms in total. The molecule has 1 aliphatic heterocycles. The number of rotatable bonds is 5. The molecule has 0 bridgehead atoms. The van der Waals surface area contributed by atoms with Crippen molar-refractivity contribution in [2.24, 2.45) is 0 Å². The van der Waals surface area contributed by atoms with Crippen LogP contribution in [0.4, 0.5) is 0 Å². The molecule has 2 heterocycles. The Morgan fingerprint density at radius 3 is 2.89 bits per heavy atom. The van der Waals surface area contributed by atoms with Crippen LogP contribution in [0, 0.1) is 0 Å². The van der Waals surface area contributed by atoms with Crippen LogP contribution < -0.4 is 5.32 Å². The van der Waals surface area contributed by atoms with Crippen LogP contribution in [-0.2, 0) is 11.2 Å². The predicted octanol–water partition coefficient (Wildman–Crippen LogP) is 3.29. The average molecular weight is 263 g/mol. The fourth-order valence-electron chi connectivity index (χ4n) is 3.53. The summed E-state index contributed by atoms with van der Waals surface area (Å²) in [7, 11) is 0. The molecule has 1 N–H and O–H groups in total. The molecule has 1 aromatic heterocycles. The molecule has 2 aliphatic rings. The van der Waals surface area contributed by atoms with Crippen molar-refractivity contribution in [1.29, 1.82) is 0 Å². The summed E-state index contributed by atoms with van der Waals surface area (Å²) in [6.07, 6.45) is 12.3. The van der Waals surface area contributed by atoms with Gasteiger partial charge in [-0.15, -0.1) is 0 Å². The molecular formula is C16H25NO2. The highest BCUT2D eigenvalue weighted by molar-refractivity contribution is 4.98. The molecule has 3 rings (SSSR count). The highest BCUT2D eigenvalue weighted by Gasteiger charge is 2.40. The largest absolute Gasteiger partial charge is 0.469 e. The standard InChI is InChI=1S/C16H25NO2/c1-2-8-16(9-3-1)10-6-15(19-16)13-17-11-7-14-5-4-12-18-14/h4-5,12,15,17H,1-3,6-11,13H2. The summed E-state index contributed by atoms with van der Waals surface area (Å²) in [6, 6.07) is 3.98. The Bertz CT molecular complexity index is 368. The molecular weight excluding hydrogens is 238 g/mol. The van der Waals surface area contributed by atoms with E-state index in [1.54, 1.807) is 6.26 Å². The van der Waals surface area contributed by atoms with Crippen molar-refractivity contribution in [2.75, 3.05) is 13.1 Å². The Morgan fingerprint density at radius 2 is 2.11 bits per heavy atom. The van der Waals surface area contributed by atoms with Gasteiger partial charge >= 0.3 is 0 Å². The summed E-state index contributed by atoms with van der Waals surface area (Å²) in [5, 5.41) is 3.50. The smallest absolute Gasteiger partial charge is 0.105 e. The molecule has 0 radical (unpaired) electrons. The lowest BCUT2D eigenvalue weighted by atomic mass is 9.83. The Kier molecular flexibility index (Phi) is 4.24. The minimum Gasteiger partial charge on any atom is -0.469 e. The van der Waals surface area contributed by atoms with Crippen LogP contribution in [0.15, 0.2) is 22.8 Å². The number of hydrogen-bond acceptors (Lipinski definition) is 3. The Morgan fingerprint density at radius 1 is 1.21 bits per heavy atom. The van der Waals surface area contributed by atoms with Gasteiger partial charge in [-0.2, -0.15) is 0 Å². The van der Waals surface area contributed by atoms with E-state index in [0.717, 1.165) is 25.3 Å². The molecule has 1 atom stereocenters. The summed E-state index contributed by atoms with van der Waals surface area (Å²) in [6.45, 7) is 1.96. The van der Waals surface area contributed by atoms with Gasteiger partial charge in [-0.05, 0) is 37.8 Å². The van der Waals surface area contributed by atoms with Crippen LogP contribution in [0.1, 0.15) is 50.7 Å². The lowest BCUT2D eigenvalue weighted by Crippen LogP contribution is -2.35. The van der Waals surface area contributed by atoms with Crippen LogP contribution in [0.5, 0.6) is 0 Å². The van der Waals surface area contributed by atoms with E-state index in [0.29, 0.717) is 6.10 Å². The van der Waals surface area contributed by atoms with Gasteiger partial charge in [-0.1, -0.05) is 19.3 Å². The summed E-state index contributed by atoms with van der Waals surface area (Å²) in [4.78, 5) is 0. The van der Waals surface area contributed by atoms with E-state index in [1.807, 2.05) is 12.1 Å². The maximum atomic E-state index is 6.34. The first kappa shape index (κ1) is 13.2. The van der Waals surface area contributed by atoms with Crippen LogP contribution in [0.2, 0.25) is 0 Å². The summed E-state index contributed by atoms with van der Waals surface area (Å²) >= 11 is 0. The van der Waals surface area contributed by atoms with E-state index >= 15 is 0 Å². The molecule has 106 valence electrons. The van der Waals surface area contributed by atoms with E-state index in [2.05, 4.69) is 5.32 Å². The minimum absolute atomic E-state index is 0.256. The van der Waals surface area contributed by atoms with Gasteiger partial charge in [0.05, 0.1) is 18.0 Å². The molecule has 0 aromatic carbocycles. The van der Waals surface area contributed by atoms with Crippen molar-refractivity contribution in [3.8, 4) is 0 Å². The molecule has 1 aromatic rings. The Labute approximate surface area is 115 Å². The van der Waals surface area contributed by atoms with E-state index in [-0.39, 0.29) is 5.60 Å². The zero-order valence-electron chi connectivity index (χ0n) is 11.7. The topological polar surface area (TPSA) is 34.4 Å². The molecule has 1 aliphatic carbocycles. The number of furan rings is 1. The van der Waals surface area contributed by atoms with Gasteiger partial charge in [0, 0.05) is 19.5 Å². The third-order valence-electron chi connectivity index (χ3n) is 4.60. The lowest BCUT2D eigenvalue weighted by molar-refractivity contribution is -0.0622. The van der Waals surface area contributed by atoms with Crippen molar-refractivity contribution >= 4 is 0 Å². The number of hydrogen-bond donors (Lipinski definition) is 1. The monoisotopic (exact) mass is 263 g/mol. The third-order valence-corrected chi connectivity index (χ3v) is 4.60.